The minimum absolute atomic E-state index is 0.104. The summed E-state index contributed by atoms with van der Waals surface area (Å²) in [4.78, 5) is 25.4. The third-order valence-corrected chi connectivity index (χ3v) is 4.32. The van der Waals surface area contributed by atoms with E-state index >= 15 is 0 Å². The van der Waals surface area contributed by atoms with Crippen LogP contribution in [0, 0.1) is 11.3 Å². The van der Waals surface area contributed by atoms with Gasteiger partial charge in [0.2, 0.25) is 0 Å². The summed E-state index contributed by atoms with van der Waals surface area (Å²) < 4.78 is 7.18. The number of aromatic amines is 1. The molecule has 1 aliphatic rings. The molecule has 0 spiro atoms. The normalized spacial score (nSPS) is 30.5. The van der Waals surface area contributed by atoms with Crippen LogP contribution in [0.25, 0.3) is 0 Å². The third-order valence-electron chi connectivity index (χ3n) is 3.76. The van der Waals surface area contributed by atoms with Gasteiger partial charge in [-0.25, -0.2) is 4.79 Å². The number of rotatable bonds is 3. The van der Waals surface area contributed by atoms with Crippen LogP contribution in [0.3, 0.4) is 0 Å². The minimum atomic E-state index is -0.577. The first kappa shape index (κ1) is 14.2. The summed E-state index contributed by atoms with van der Waals surface area (Å²) in [6.07, 6.45) is 2.51. The van der Waals surface area contributed by atoms with Gasteiger partial charge in [0.05, 0.1) is 17.7 Å². The number of halogens is 1. The molecule has 3 unspecified atom stereocenters. The molecular formula is C12H15BrN2O4. The number of hydrogen-bond donors (Lipinski definition) is 2. The second kappa shape index (κ2) is 5.07. The molecule has 2 N–H and O–H groups in total. The second-order valence-corrected chi connectivity index (χ2v) is 5.58. The second-order valence-electron chi connectivity index (χ2n) is 4.73. The molecule has 0 saturated carbocycles. The van der Waals surface area contributed by atoms with Gasteiger partial charge in [0, 0.05) is 17.5 Å². The Hall–Kier alpha value is -1.18. The largest absolute Gasteiger partial charge is 0.395 e. The van der Waals surface area contributed by atoms with Crippen molar-refractivity contribution in [3.63, 3.8) is 0 Å². The number of nitrogens with one attached hydrogen (secondary N) is 1. The molecule has 2 heterocycles. The number of aliphatic hydroxyl groups is 1. The zero-order valence-electron chi connectivity index (χ0n) is 10.4. The van der Waals surface area contributed by atoms with Crippen LogP contribution >= 0.6 is 15.9 Å². The maximum Gasteiger partial charge on any atom is 0.330 e. The van der Waals surface area contributed by atoms with Crippen molar-refractivity contribution in [2.24, 2.45) is 11.3 Å². The first-order valence-electron chi connectivity index (χ1n) is 5.82. The standard InChI is InChI=1S/C12H15BrN2O4/c1-3-12(5-16)6-19-10(7(12)2)15-4-8(13)9(17)14-11(15)18/h3-4,7,10,16H,1,5-6H2,2H3,(H,14,17,18). The Morgan fingerprint density at radius 2 is 2.42 bits per heavy atom. The Morgan fingerprint density at radius 1 is 1.74 bits per heavy atom. The van der Waals surface area contributed by atoms with Gasteiger partial charge in [-0.1, -0.05) is 13.0 Å². The highest BCUT2D eigenvalue weighted by Crippen LogP contribution is 2.43. The Bertz CT molecular complexity index is 608. The van der Waals surface area contributed by atoms with Crippen LogP contribution < -0.4 is 11.2 Å². The van der Waals surface area contributed by atoms with E-state index in [-0.39, 0.29) is 23.6 Å². The lowest BCUT2D eigenvalue weighted by molar-refractivity contribution is 0.0319. The highest BCUT2D eigenvalue weighted by atomic mass is 79.9. The molecule has 3 atom stereocenters. The Balaban J connectivity index is 2.45. The van der Waals surface area contributed by atoms with E-state index < -0.39 is 22.9 Å². The van der Waals surface area contributed by atoms with Gasteiger partial charge in [-0.2, -0.15) is 0 Å². The summed E-state index contributed by atoms with van der Waals surface area (Å²) in [7, 11) is 0. The van der Waals surface area contributed by atoms with E-state index in [1.165, 1.54) is 10.8 Å². The van der Waals surface area contributed by atoms with Crippen LogP contribution in [-0.4, -0.2) is 27.9 Å². The molecular weight excluding hydrogens is 316 g/mol. The van der Waals surface area contributed by atoms with Crippen molar-refractivity contribution in [2.45, 2.75) is 13.2 Å². The Morgan fingerprint density at radius 3 is 2.95 bits per heavy atom. The van der Waals surface area contributed by atoms with Crippen molar-refractivity contribution < 1.29 is 9.84 Å². The van der Waals surface area contributed by atoms with Crippen LogP contribution in [0.2, 0.25) is 0 Å². The van der Waals surface area contributed by atoms with Gasteiger partial charge in [-0.3, -0.25) is 14.3 Å². The van der Waals surface area contributed by atoms with Gasteiger partial charge in [0.1, 0.15) is 6.23 Å². The summed E-state index contributed by atoms with van der Waals surface area (Å²) in [6.45, 7) is 5.78. The Labute approximate surface area is 117 Å². The van der Waals surface area contributed by atoms with Gasteiger partial charge in [-0.15, -0.1) is 6.58 Å². The first-order valence-corrected chi connectivity index (χ1v) is 6.61. The van der Waals surface area contributed by atoms with E-state index in [0.717, 1.165) is 0 Å². The molecule has 6 nitrogen and oxygen atoms in total. The highest BCUT2D eigenvalue weighted by molar-refractivity contribution is 9.10. The van der Waals surface area contributed by atoms with Crippen molar-refractivity contribution >= 4 is 15.9 Å². The monoisotopic (exact) mass is 330 g/mol. The molecule has 7 heteroatoms. The fourth-order valence-corrected chi connectivity index (χ4v) is 2.59. The smallest absolute Gasteiger partial charge is 0.330 e. The number of aliphatic hydroxyl groups excluding tert-OH is 1. The van der Waals surface area contributed by atoms with Crippen molar-refractivity contribution in [2.75, 3.05) is 13.2 Å². The van der Waals surface area contributed by atoms with Gasteiger partial charge < -0.3 is 9.84 Å². The molecule has 0 amide bonds. The summed E-state index contributed by atoms with van der Waals surface area (Å²) in [5, 5.41) is 9.51. The number of ether oxygens (including phenoxy) is 1. The predicted molar refractivity (Wildman–Crippen MR) is 72.9 cm³/mol. The fourth-order valence-electron chi connectivity index (χ4n) is 2.27. The van der Waals surface area contributed by atoms with E-state index in [1.54, 1.807) is 6.08 Å². The van der Waals surface area contributed by atoms with Crippen LogP contribution in [0.15, 0.2) is 32.9 Å². The van der Waals surface area contributed by atoms with Gasteiger partial charge >= 0.3 is 5.69 Å². The molecule has 1 aliphatic heterocycles. The maximum atomic E-state index is 11.8. The molecule has 1 fully saturated rings. The van der Waals surface area contributed by atoms with Crippen LogP contribution in [0.5, 0.6) is 0 Å². The molecule has 0 radical (unpaired) electrons. The van der Waals surface area contributed by atoms with E-state index in [0.29, 0.717) is 0 Å². The number of aromatic nitrogens is 2. The third kappa shape index (κ3) is 2.22. The van der Waals surface area contributed by atoms with E-state index in [1.807, 2.05) is 6.92 Å². The van der Waals surface area contributed by atoms with E-state index in [4.69, 9.17) is 4.74 Å². The summed E-state index contributed by atoms with van der Waals surface area (Å²) in [6, 6.07) is 0. The molecule has 0 aliphatic carbocycles. The summed E-state index contributed by atoms with van der Waals surface area (Å²) >= 11 is 3.08. The fraction of sp³-hybridized carbons (Fsp3) is 0.500. The maximum absolute atomic E-state index is 11.8. The minimum Gasteiger partial charge on any atom is -0.395 e. The molecule has 104 valence electrons. The average molecular weight is 331 g/mol. The highest BCUT2D eigenvalue weighted by Gasteiger charge is 2.46. The van der Waals surface area contributed by atoms with Crippen LogP contribution in [0.4, 0.5) is 0 Å². The van der Waals surface area contributed by atoms with Gasteiger partial charge in [-0.05, 0) is 15.9 Å². The first-order chi connectivity index (χ1) is 8.95. The van der Waals surface area contributed by atoms with Crippen LogP contribution in [-0.2, 0) is 4.74 Å². The van der Waals surface area contributed by atoms with Crippen LogP contribution in [0.1, 0.15) is 13.2 Å². The lowest BCUT2D eigenvalue weighted by Crippen LogP contribution is -2.36. The lowest BCUT2D eigenvalue weighted by Gasteiger charge is -2.27. The summed E-state index contributed by atoms with van der Waals surface area (Å²) in [5.74, 6) is -0.148. The molecule has 1 saturated heterocycles. The SMILES string of the molecule is C=CC1(CO)COC(n2cc(Br)c(=O)[nH]c2=O)C1C. The topological polar surface area (TPSA) is 84.3 Å². The quantitative estimate of drug-likeness (QED) is 0.796. The molecule has 19 heavy (non-hydrogen) atoms. The number of hydrogen-bond acceptors (Lipinski definition) is 4. The zero-order valence-corrected chi connectivity index (χ0v) is 12.0. The van der Waals surface area contributed by atoms with Crippen molar-refractivity contribution in [3.05, 3.63) is 44.2 Å². The molecule has 0 bridgehead atoms. The lowest BCUT2D eigenvalue weighted by atomic mass is 9.79. The molecule has 1 aromatic rings. The van der Waals surface area contributed by atoms with Gasteiger partial charge in [0.25, 0.3) is 5.56 Å². The summed E-state index contributed by atoms with van der Waals surface area (Å²) in [5.41, 5.74) is -1.60. The van der Waals surface area contributed by atoms with Crippen molar-refractivity contribution in [1.29, 1.82) is 0 Å². The predicted octanol–water partition coefficient (Wildman–Crippen LogP) is 0.629. The van der Waals surface area contributed by atoms with E-state index in [2.05, 4.69) is 27.5 Å². The number of H-pyrrole nitrogens is 1. The molecule has 0 aromatic carbocycles. The van der Waals surface area contributed by atoms with Crippen molar-refractivity contribution in [1.82, 2.24) is 9.55 Å². The molecule has 2 rings (SSSR count). The van der Waals surface area contributed by atoms with Gasteiger partial charge in [0.15, 0.2) is 0 Å². The number of nitrogens with zero attached hydrogens (tertiary/aromatic N) is 1. The van der Waals surface area contributed by atoms with Crippen molar-refractivity contribution in [3.8, 4) is 0 Å². The Kier molecular flexibility index (Phi) is 3.80. The van der Waals surface area contributed by atoms with E-state index in [9.17, 15) is 14.7 Å². The molecule has 1 aromatic heterocycles. The zero-order chi connectivity index (χ0) is 14.2. The average Bonchev–Trinajstić information content (AvgIpc) is 2.72.